The number of nitrogens with one attached hydrogen (secondary N) is 2. The smallest absolute Gasteiger partial charge is 0.257 e. The fourth-order valence-electron chi connectivity index (χ4n) is 4.05. The van der Waals surface area contributed by atoms with E-state index in [1.165, 1.54) is 4.31 Å². The number of benzene rings is 3. The number of nitrogens with zero attached hydrogens (tertiary/aromatic N) is 2. The zero-order valence-corrected chi connectivity index (χ0v) is 21.2. The molecule has 0 radical (unpaired) electrons. The summed E-state index contributed by atoms with van der Waals surface area (Å²) in [5.41, 5.74) is 3.43. The minimum Gasteiger partial charge on any atom is -0.324 e. The molecule has 9 heteroatoms. The lowest BCUT2D eigenvalue weighted by atomic mass is 10.1. The van der Waals surface area contributed by atoms with Crippen molar-refractivity contribution in [1.82, 2.24) is 9.21 Å². The zero-order valence-electron chi connectivity index (χ0n) is 20.4. The average molecular weight is 507 g/mol. The number of hydrogen-bond donors (Lipinski definition) is 2. The maximum Gasteiger partial charge on any atom is 0.257 e. The number of para-hydroxylation sites is 2. The van der Waals surface area contributed by atoms with Crippen molar-refractivity contribution in [3.63, 3.8) is 0 Å². The van der Waals surface area contributed by atoms with Gasteiger partial charge in [-0.05, 0) is 61.4 Å². The van der Waals surface area contributed by atoms with E-state index < -0.39 is 10.0 Å². The first-order chi connectivity index (χ1) is 17.2. The highest BCUT2D eigenvalue weighted by Gasteiger charge is 2.29. The van der Waals surface area contributed by atoms with Gasteiger partial charge in [0.2, 0.25) is 15.9 Å². The molecule has 2 N–H and O–H groups in total. The SMILES string of the molecule is Cc1ccc(S(=O)(=O)N2CCN(CC(=O)Nc3ccccc3C(=O)Nc3ccccc3)CC2)cc1C. The zero-order chi connectivity index (χ0) is 25.7. The lowest BCUT2D eigenvalue weighted by molar-refractivity contribution is -0.117. The molecule has 0 saturated carbocycles. The average Bonchev–Trinajstić information content (AvgIpc) is 2.87. The fraction of sp³-hybridized carbons (Fsp3) is 0.259. The summed E-state index contributed by atoms with van der Waals surface area (Å²) in [5, 5.41) is 5.66. The molecule has 1 aliphatic heterocycles. The first kappa shape index (κ1) is 25.6. The summed E-state index contributed by atoms with van der Waals surface area (Å²) in [7, 11) is -3.58. The Labute approximate surface area is 212 Å². The van der Waals surface area contributed by atoms with Crippen molar-refractivity contribution in [2.45, 2.75) is 18.7 Å². The maximum absolute atomic E-state index is 13.0. The normalized spacial score (nSPS) is 14.8. The second-order valence-electron chi connectivity index (χ2n) is 8.84. The Morgan fingerprint density at radius 1 is 0.806 bits per heavy atom. The predicted octanol–water partition coefficient (Wildman–Crippen LogP) is 3.50. The third-order valence-corrected chi connectivity index (χ3v) is 8.19. The quantitative estimate of drug-likeness (QED) is 0.511. The van der Waals surface area contributed by atoms with Crippen LogP contribution >= 0.6 is 0 Å². The Kier molecular flexibility index (Phi) is 7.83. The van der Waals surface area contributed by atoms with Crippen LogP contribution in [0, 0.1) is 13.8 Å². The molecule has 0 spiro atoms. The van der Waals surface area contributed by atoms with Crippen LogP contribution in [0.25, 0.3) is 0 Å². The van der Waals surface area contributed by atoms with Gasteiger partial charge in [-0.3, -0.25) is 14.5 Å². The Hall–Kier alpha value is -3.53. The highest BCUT2D eigenvalue weighted by molar-refractivity contribution is 7.89. The molecule has 0 aromatic heterocycles. The van der Waals surface area contributed by atoms with E-state index in [1.807, 2.05) is 43.0 Å². The van der Waals surface area contributed by atoms with Crippen LogP contribution in [0.5, 0.6) is 0 Å². The topological polar surface area (TPSA) is 98.8 Å². The van der Waals surface area contributed by atoms with Crippen LogP contribution in [0.1, 0.15) is 21.5 Å². The number of amides is 2. The molecule has 4 rings (SSSR count). The third-order valence-electron chi connectivity index (χ3n) is 6.29. The van der Waals surface area contributed by atoms with Crippen molar-refractivity contribution in [2.24, 2.45) is 0 Å². The van der Waals surface area contributed by atoms with Gasteiger partial charge in [-0.15, -0.1) is 0 Å². The van der Waals surface area contributed by atoms with E-state index in [-0.39, 0.29) is 18.4 Å². The molecule has 188 valence electrons. The van der Waals surface area contributed by atoms with Crippen molar-refractivity contribution >= 4 is 33.2 Å². The van der Waals surface area contributed by atoms with Crippen molar-refractivity contribution < 1.29 is 18.0 Å². The van der Waals surface area contributed by atoms with Crippen LogP contribution in [0.4, 0.5) is 11.4 Å². The van der Waals surface area contributed by atoms with Crippen LogP contribution in [0.3, 0.4) is 0 Å². The standard InChI is InChI=1S/C27H30N4O4S/c1-20-12-13-23(18-21(20)2)36(34,35)31-16-14-30(15-17-31)19-26(32)29-25-11-7-6-10-24(25)27(33)28-22-8-4-3-5-9-22/h3-13,18H,14-17,19H2,1-2H3,(H,28,33)(H,29,32). The number of carbonyl (C=O) groups is 2. The van der Waals surface area contributed by atoms with Gasteiger partial charge in [0, 0.05) is 31.9 Å². The van der Waals surface area contributed by atoms with E-state index in [1.54, 1.807) is 48.5 Å². The summed E-state index contributed by atoms with van der Waals surface area (Å²) >= 11 is 0. The van der Waals surface area contributed by atoms with E-state index in [0.29, 0.717) is 48.0 Å². The fourth-order valence-corrected chi connectivity index (χ4v) is 5.56. The molecule has 36 heavy (non-hydrogen) atoms. The van der Waals surface area contributed by atoms with Gasteiger partial charge >= 0.3 is 0 Å². The molecule has 3 aromatic rings. The number of sulfonamides is 1. The molecule has 1 heterocycles. The van der Waals surface area contributed by atoms with Crippen molar-refractivity contribution in [2.75, 3.05) is 43.4 Å². The number of anilines is 2. The molecule has 2 amide bonds. The summed E-state index contributed by atoms with van der Waals surface area (Å²) in [6.07, 6.45) is 0. The van der Waals surface area contributed by atoms with Crippen LogP contribution in [0.15, 0.2) is 77.7 Å². The van der Waals surface area contributed by atoms with Crippen LogP contribution in [-0.4, -0.2) is 62.2 Å². The Balaban J connectivity index is 1.34. The molecular formula is C27H30N4O4S. The number of rotatable bonds is 7. The molecule has 3 aromatic carbocycles. The van der Waals surface area contributed by atoms with Crippen molar-refractivity contribution in [1.29, 1.82) is 0 Å². The van der Waals surface area contributed by atoms with Gasteiger partial charge in [0.05, 0.1) is 22.7 Å². The summed E-state index contributed by atoms with van der Waals surface area (Å²) in [4.78, 5) is 27.7. The lowest BCUT2D eigenvalue weighted by Crippen LogP contribution is -2.50. The minimum atomic E-state index is -3.58. The number of carbonyl (C=O) groups excluding carboxylic acids is 2. The molecule has 1 fully saturated rings. The van der Waals surface area contributed by atoms with E-state index in [2.05, 4.69) is 10.6 Å². The molecular weight excluding hydrogens is 476 g/mol. The van der Waals surface area contributed by atoms with Gasteiger partial charge in [0.25, 0.3) is 5.91 Å². The largest absolute Gasteiger partial charge is 0.324 e. The molecule has 0 aliphatic carbocycles. The molecule has 0 unspecified atom stereocenters. The van der Waals surface area contributed by atoms with Crippen LogP contribution in [-0.2, 0) is 14.8 Å². The summed E-state index contributed by atoms with van der Waals surface area (Å²) < 4.78 is 27.6. The van der Waals surface area contributed by atoms with Gasteiger partial charge < -0.3 is 10.6 Å². The summed E-state index contributed by atoms with van der Waals surface area (Å²) in [6, 6.07) is 21.1. The molecule has 1 aliphatic rings. The first-order valence-electron chi connectivity index (χ1n) is 11.8. The summed E-state index contributed by atoms with van der Waals surface area (Å²) in [5.74, 6) is -0.581. The Morgan fingerprint density at radius 2 is 1.47 bits per heavy atom. The number of piperazine rings is 1. The van der Waals surface area contributed by atoms with E-state index in [9.17, 15) is 18.0 Å². The van der Waals surface area contributed by atoms with Gasteiger partial charge in [-0.2, -0.15) is 4.31 Å². The number of aryl methyl sites for hydroxylation is 2. The van der Waals surface area contributed by atoms with E-state index in [4.69, 9.17) is 0 Å². The van der Waals surface area contributed by atoms with Gasteiger partial charge in [0.15, 0.2) is 0 Å². The Morgan fingerprint density at radius 3 is 2.17 bits per heavy atom. The summed E-state index contributed by atoms with van der Waals surface area (Å²) in [6.45, 7) is 5.43. The Bertz CT molecular complexity index is 1350. The van der Waals surface area contributed by atoms with Crippen molar-refractivity contribution in [3.05, 3.63) is 89.5 Å². The maximum atomic E-state index is 13.0. The van der Waals surface area contributed by atoms with Gasteiger partial charge in [-0.25, -0.2) is 8.42 Å². The lowest BCUT2D eigenvalue weighted by Gasteiger charge is -2.33. The second-order valence-corrected chi connectivity index (χ2v) is 10.8. The molecule has 0 atom stereocenters. The van der Waals surface area contributed by atoms with Gasteiger partial charge in [0.1, 0.15) is 0 Å². The van der Waals surface area contributed by atoms with Crippen LogP contribution in [0.2, 0.25) is 0 Å². The second kappa shape index (κ2) is 11.0. The van der Waals surface area contributed by atoms with Gasteiger partial charge in [-0.1, -0.05) is 36.4 Å². The van der Waals surface area contributed by atoms with E-state index >= 15 is 0 Å². The van der Waals surface area contributed by atoms with E-state index in [0.717, 1.165) is 11.1 Å². The monoisotopic (exact) mass is 506 g/mol. The molecule has 0 bridgehead atoms. The molecule has 1 saturated heterocycles. The third kappa shape index (κ3) is 5.99. The highest BCUT2D eigenvalue weighted by Crippen LogP contribution is 2.21. The predicted molar refractivity (Wildman–Crippen MR) is 141 cm³/mol. The first-order valence-corrected chi connectivity index (χ1v) is 13.2. The molecule has 8 nitrogen and oxygen atoms in total. The number of hydrogen-bond acceptors (Lipinski definition) is 5. The highest BCUT2D eigenvalue weighted by atomic mass is 32.2. The van der Waals surface area contributed by atoms with Crippen molar-refractivity contribution in [3.8, 4) is 0 Å². The minimum absolute atomic E-state index is 0.103. The van der Waals surface area contributed by atoms with Crippen LogP contribution < -0.4 is 10.6 Å².